The summed E-state index contributed by atoms with van der Waals surface area (Å²) in [6.45, 7) is 5.16. The fourth-order valence-electron chi connectivity index (χ4n) is 3.84. The third-order valence-electron chi connectivity index (χ3n) is 5.08. The second-order valence-corrected chi connectivity index (χ2v) is 6.47. The summed E-state index contributed by atoms with van der Waals surface area (Å²) in [5.74, 6) is 0.947. The predicted octanol–water partition coefficient (Wildman–Crippen LogP) is 3.08. The molecule has 2 aliphatic heterocycles. The number of likely N-dealkylation sites (tertiary alicyclic amines) is 1. The Bertz CT molecular complexity index is 376. The number of hydrogen-bond acceptors (Lipinski definition) is 2. The molecule has 1 aromatic rings. The first-order valence-electron chi connectivity index (χ1n) is 8.41. The van der Waals surface area contributed by atoms with Crippen molar-refractivity contribution in [3.8, 4) is 0 Å². The first-order chi connectivity index (χ1) is 9.92. The number of aryl methyl sites for hydroxylation is 1. The number of piperidine rings is 1. The highest BCUT2D eigenvalue weighted by Crippen LogP contribution is 2.25. The Hall–Kier alpha value is -0.860. The van der Waals surface area contributed by atoms with Crippen molar-refractivity contribution in [1.29, 1.82) is 0 Å². The van der Waals surface area contributed by atoms with Crippen molar-refractivity contribution in [3.05, 3.63) is 35.9 Å². The Morgan fingerprint density at radius 2 is 1.85 bits per heavy atom. The van der Waals surface area contributed by atoms with Crippen LogP contribution in [0.25, 0.3) is 0 Å². The average Bonchev–Trinajstić information content (AvgIpc) is 3.03. The van der Waals surface area contributed by atoms with Crippen LogP contribution < -0.4 is 5.32 Å². The lowest BCUT2D eigenvalue weighted by atomic mass is 9.88. The summed E-state index contributed by atoms with van der Waals surface area (Å²) in [6.07, 6.45) is 8.15. The van der Waals surface area contributed by atoms with Gasteiger partial charge in [-0.3, -0.25) is 0 Å². The third kappa shape index (κ3) is 3.83. The molecule has 110 valence electrons. The van der Waals surface area contributed by atoms with Gasteiger partial charge in [-0.2, -0.15) is 0 Å². The zero-order valence-electron chi connectivity index (χ0n) is 12.6. The molecule has 0 aromatic heterocycles. The van der Waals surface area contributed by atoms with Gasteiger partial charge in [0, 0.05) is 6.04 Å². The number of hydrogen-bond donors (Lipinski definition) is 1. The fourth-order valence-corrected chi connectivity index (χ4v) is 3.84. The normalized spacial score (nSPS) is 25.1. The highest BCUT2D eigenvalue weighted by Gasteiger charge is 2.27. The smallest absolute Gasteiger partial charge is 0.00967 e. The van der Waals surface area contributed by atoms with Crippen molar-refractivity contribution >= 4 is 0 Å². The first kappa shape index (κ1) is 14.1. The van der Waals surface area contributed by atoms with Gasteiger partial charge in [0.05, 0.1) is 0 Å². The quantitative estimate of drug-likeness (QED) is 0.886. The van der Waals surface area contributed by atoms with Crippen molar-refractivity contribution in [2.75, 3.05) is 26.2 Å². The van der Waals surface area contributed by atoms with Crippen molar-refractivity contribution < 1.29 is 0 Å². The Balaban J connectivity index is 1.34. The van der Waals surface area contributed by atoms with Crippen LogP contribution in [-0.4, -0.2) is 37.1 Å². The minimum absolute atomic E-state index is 0.835. The molecule has 0 spiro atoms. The second kappa shape index (κ2) is 7.24. The molecular formula is C18H28N2. The molecule has 2 heteroatoms. The molecule has 0 saturated carbocycles. The van der Waals surface area contributed by atoms with Crippen molar-refractivity contribution in [2.24, 2.45) is 5.92 Å². The van der Waals surface area contributed by atoms with Gasteiger partial charge < -0.3 is 10.2 Å². The lowest BCUT2D eigenvalue weighted by molar-refractivity contribution is 0.162. The molecule has 2 nitrogen and oxygen atoms in total. The van der Waals surface area contributed by atoms with Gasteiger partial charge in [-0.1, -0.05) is 30.3 Å². The third-order valence-corrected chi connectivity index (χ3v) is 5.08. The molecule has 0 amide bonds. The summed E-state index contributed by atoms with van der Waals surface area (Å²) in [6, 6.07) is 11.7. The zero-order valence-corrected chi connectivity index (χ0v) is 12.6. The number of benzene rings is 1. The molecule has 1 N–H and O–H groups in total. The Kier molecular flexibility index (Phi) is 5.10. The van der Waals surface area contributed by atoms with E-state index in [4.69, 9.17) is 0 Å². The predicted molar refractivity (Wildman–Crippen MR) is 85.0 cm³/mol. The standard InChI is InChI=1S/C18H28N2/c1-2-6-16(7-3-1)8-5-13-20-14-10-17(11-15-20)18-9-4-12-19-18/h1-3,6-7,17-19H,4-5,8-15H2. The molecule has 0 radical (unpaired) electrons. The molecule has 2 saturated heterocycles. The molecule has 0 aliphatic carbocycles. The van der Waals surface area contributed by atoms with E-state index in [0.717, 1.165) is 12.0 Å². The Morgan fingerprint density at radius 3 is 2.55 bits per heavy atom. The monoisotopic (exact) mass is 272 g/mol. The van der Waals surface area contributed by atoms with Crippen LogP contribution in [0.1, 0.15) is 37.7 Å². The molecule has 2 aliphatic rings. The van der Waals surface area contributed by atoms with E-state index in [0.29, 0.717) is 0 Å². The van der Waals surface area contributed by atoms with Crippen molar-refractivity contribution in [3.63, 3.8) is 0 Å². The van der Waals surface area contributed by atoms with Crippen LogP contribution in [0.2, 0.25) is 0 Å². The maximum absolute atomic E-state index is 3.69. The lowest BCUT2D eigenvalue weighted by Gasteiger charge is -2.34. The summed E-state index contributed by atoms with van der Waals surface area (Å²) in [7, 11) is 0. The molecule has 20 heavy (non-hydrogen) atoms. The Morgan fingerprint density at radius 1 is 1.05 bits per heavy atom. The summed E-state index contributed by atoms with van der Waals surface area (Å²) in [5, 5.41) is 3.69. The van der Waals surface area contributed by atoms with E-state index >= 15 is 0 Å². The van der Waals surface area contributed by atoms with E-state index in [1.54, 1.807) is 0 Å². The van der Waals surface area contributed by atoms with Crippen LogP contribution >= 0.6 is 0 Å². The van der Waals surface area contributed by atoms with E-state index in [2.05, 4.69) is 40.5 Å². The first-order valence-corrected chi connectivity index (χ1v) is 8.41. The highest BCUT2D eigenvalue weighted by molar-refractivity contribution is 5.14. The van der Waals surface area contributed by atoms with Crippen LogP contribution in [0.4, 0.5) is 0 Å². The minimum atomic E-state index is 0.835. The Labute approximate surface area is 123 Å². The van der Waals surface area contributed by atoms with Crippen LogP contribution in [0, 0.1) is 5.92 Å². The maximum Gasteiger partial charge on any atom is 0.00967 e. The molecule has 1 unspecified atom stereocenters. The van der Waals surface area contributed by atoms with E-state index in [9.17, 15) is 0 Å². The summed E-state index contributed by atoms with van der Waals surface area (Å²) < 4.78 is 0. The molecule has 1 atom stereocenters. The van der Waals surface area contributed by atoms with Crippen molar-refractivity contribution in [1.82, 2.24) is 10.2 Å². The van der Waals surface area contributed by atoms with Gasteiger partial charge in [0.25, 0.3) is 0 Å². The van der Waals surface area contributed by atoms with Gasteiger partial charge in [0.2, 0.25) is 0 Å². The average molecular weight is 272 g/mol. The SMILES string of the molecule is c1ccc(CCCN2CCC(C3CCCN3)CC2)cc1. The topological polar surface area (TPSA) is 15.3 Å². The molecule has 2 heterocycles. The molecule has 2 fully saturated rings. The van der Waals surface area contributed by atoms with Gasteiger partial charge in [-0.05, 0) is 76.2 Å². The molecule has 3 rings (SSSR count). The van der Waals surface area contributed by atoms with E-state index in [1.807, 2.05) is 0 Å². The van der Waals surface area contributed by atoms with Gasteiger partial charge in [-0.25, -0.2) is 0 Å². The number of nitrogens with one attached hydrogen (secondary N) is 1. The largest absolute Gasteiger partial charge is 0.314 e. The van der Waals surface area contributed by atoms with Crippen LogP contribution in [0.15, 0.2) is 30.3 Å². The number of rotatable bonds is 5. The van der Waals surface area contributed by atoms with Crippen LogP contribution in [-0.2, 0) is 6.42 Å². The molecule has 1 aromatic carbocycles. The summed E-state index contributed by atoms with van der Waals surface area (Å²) in [4.78, 5) is 2.67. The minimum Gasteiger partial charge on any atom is -0.314 e. The summed E-state index contributed by atoms with van der Waals surface area (Å²) >= 11 is 0. The van der Waals surface area contributed by atoms with Gasteiger partial charge in [0.15, 0.2) is 0 Å². The van der Waals surface area contributed by atoms with Crippen molar-refractivity contribution in [2.45, 2.75) is 44.6 Å². The maximum atomic E-state index is 3.69. The van der Waals surface area contributed by atoms with E-state index < -0.39 is 0 Å². The van der Waals surface area contributed by atoms with E-state index in [-0.39, 0.29) is 0 Å². The van der Waals surface area contributed by atoms with E-state index in [1.165, 1.54) is 70.3 Å². The second-order valence-electron chi connectivity index (χ2n) is 6.47. The lowest BCUT2D eigenvalue weighted by Crippen LogP contribution is -2.41. The zero-order chi connectivity index (χ0) is 13.6. The van der Waals surface area contributed by atoms with Gasteiger partial charge >= 0.3 is 0 Å². The fraction of sp³-hybridized carbons (Fsp3) is 0.667. The highest BCUT2D eigenvalue weighted by atomic mass is 15.1. The number of nitrogens with zero attached hydrogens (tertiary/aromatic N) is 1. The molecular weight excluding hydrogens is 244 g/mol. The molecule has 0 bridgehead atoms. The van der Waals surface area contributed by atoms with Gasteiger partial charge in [-0.15, -0.1) is 0 Å². The van der Waals surface area contributed by atoms with Gasteiger partial charge in [0.1, 0.15) is 0 Å². The van der Waals surface area contributed by atoms with Crippen LogP contribution in [0.5, 0.6) is 0 Å². The van der Waals surface area contributed by atoms with Crippen LogP contribution in [0.3, 0.4) is 0 Å². The summed E-state index contributed by atoms with van der Waals surface area (Å²) in [5.41, 5.74) is 1.48.